The first kappa shape index (κ1) is 13.3. The van der Waals surface area contributed by atoms with Crippen molar-refractivity contribution in [2.24, 2.45) is 5.14 Å². The number of hydrogen-bond donors (Lipinski definition) is 2. The molecule has 0 radical (unpaired) electrons. The van der Waals surface area contributed by atoms with E-state index in [1.807, 2.05) is 0 Å². The van der Waals surface area contributed by atoms with Crippen molar-refractivity contribution in [1.29, 1.82) is 0 Å². The maximum absolute atomic E-state index is 12.0. The van der Waals surface area contributed by atoms with E-state index in [4.69, 9.17) is 10.2 Å². The molecule has 9 heteroatoms. The molecular formula is C8H7F2NO5S. The summed E-state index contributed by atoms with van der Waals surface area (Å²) in [6.07, 6.45) is 0. The number of sulfonamides is 1. The van der Waals surface area contributed by atoms with Crippen molar-refractivity contribution in [2.75, 3.05) is 0 Å². The molecule has 0 aromatic heterocycles. The normalized spacial score (nSPS) is 11.5. The minimum atomic E-state index is -4.36. The van der Waals surface area contributed by atoms with Crippen LogP contribution in [-0.4, -0.2) is 26.1 Å². The Morgan fingerprint density at radius 2 is 2.00 bits per heavy atom. The van der Waals surface area contributed by atoms with Crippen molar-refractivity contribution in [3.05, 3.63) is 23.8 Å². The molecule has 94 valence electrons. The molecule has 1 aromatic carbocycles. The lowest BCUT2D eigenvalue weighted by Gasteiger charge is -2.09. The summed E-state index contributed by atoms with van der Waals surface area (Å²) in [5, 5.41) is 13.4. The van der Waals surface area contributed by atoms with Crippen molar-refractivity contribution in [1.82, 2.24) is 0 Å². The largest absolute Gasteiger partial charge is 0.478 e. The maximum atomic E-state index is 12.0. The highest BCUT2D eigenvalue weighted by Gasteiger charge is 2.20. The third-order valence-corrected chi connectivity index (χ3v) is 2.65. The first-order chi connectivity index (χ1) is 7.71. The minimum Gasteiger partial charge on any atom is -0.478 e. The number of ether oxygens (including phenoxy) is 1. The molecule has 3 N–H and O–H groups in total. The molecule has 0 aliphatic rings. The third kappa shape index (κ3) is 3.36. The number of alkyl halides is 2. The van der Waals surface area contributed by atoms with E-state index in [2.05, 4.69) is 4.74 Å². The maximum Gasteiger partial charge on any atom is 0.387 e. The summed E-state index contributed by atoms with van der Waals surface area (Å²) in [6.45, 7) is -3.24. The molecular weight excluding hydrogens is 260 g/mol. The van der Waals surface area contributed by atoms with Gasteiger partial charge in [-0.05, 0) is 18.2 Å². The van der Waals surface area contributed by atoms with Crippen molar-refractivity contribution in [2.45, 2.75) is 11.5 Å². The van der Waals surface area contributed by atoms with E-state index in [9.17, 15) is 22.0 Å². The molecule has 0 saturated heterocycles. The van der Waals surface area contributed by atoms with Gasteiger partial charge in [0.05, 0.1) is 5.56 Å². The van der Waals surface area contributed by atoms with Gasteiger partial charge in [0.25, 0.3) is 0 Å². The number of carboxylic acid groups (broad SMARTS) is 1. The first-order valence-electron chi connectivity index (χ1n) is 4.07. The van der Waals surface area contributed by atoms with Gasteiger partial charge in [-0.15, -0.1) is 0 Å². The number of aromatic carboxylic acids is 1. The molecule has 0 bridgehead atoms. The molecule has 0 aliphatic heterocycles. The standard InChI is InChI=1S/C8H7F2NO5S/c9-8(10)16-5-2-1-4(7(12)13)3-6(5)17(11,14)15/h1-3,8H,(H,12,13)(H2,11,14,15). The van der Waals surface area contributed by atoms with Gasteiger partial charge in [-0.2, -0.15) is 8.78 Å². The highest BCUT2D eigenvalue weighted by Crippen LogP contribution is 2.25. The molecule has 0 amide bonds. The minimum absolute atomic E-state index is 0.407. The van der Waals surface area contributed by atoms with Gasteiger partial charge < -0.3 is 9.84 Å². The molecule has 0 fully saturated rings. The van der Waals surface area contributed by atoms with E-state index in [1.54, 1.807) is 0 Å². The van der Waals surface area contributed by atoms with Crippen LogP contribution in [0.2, 0.25) is 0 Å². The topological polar surface area (TPSA) is 107 Å². The molecule has 0 spiro atoms. The van der Waals surface area contributed by atoms with Gasteiger partial charge >= 0.3 is 12.6 Å². The predicted molar refractivity (Wildman–Crippen MR) is 51.4 cm³/mol. The summed E-state index contributed by atoms with van der Waals surface area (Å²) in [6, 6.07) is 2.37. The molecule has 17 heavy (non-hydrogen) atoms. The number of benzene rings is 1. The lowest BCUT2D eigenvalue weighted by Crippen LogP contribution is -2.16. The number of carbonyl (C=O) groups is 1. The van der Waals surface area contributed by atoms with Gasteiger partial charge in [-0.25, -0.2) is 18.4 Å². The number of primary sulfonamides is 1. The van der Waals surface area contributed by atoms with Crippen LogP contribution >= 0.6 is 0 Å². The Hall–Kier alpha value is -1.74. The summed E-state index contributed by atoms with van der Waals surface area (Å²) in [5.74, 6) is -2.12. The van der Waals surface area contributed by atoms with E-state index in [0.29, 0.717) is 6.07 Å². The molecule has 1 aromatic rings. The zero-order chi connectivity index (χ0) is 13.2. The number of halogens is 2. The molecule has 0 saturated carbocycles. The van der Waals surface area contributed by atoms with Crippen LogP contribution in [0, 0.1) is 0 Å². The highest BCUT2D eigenvalue weighted by molar-refractivity contribution is 7.89. The van der Waals surface area contributed by atoms with Crippen LogP contribution in [0.5, 0.6) is 5.75 Å². The van der Waals surface area contributed by atoms with E-state index in [-0.39, 0.29) is 0 Å². The fourth-order valence-corrected chi connectivity index (χ4v) is 1.74. The smallest absolute Gasteiger partial charge is 0.387 e. The van der Waals surface area contributed by atoms with Crippen LogP contribution in [0.1, 0.15) is 10.4 Å². The van der Waals surface area contributed by atoms with Crippen LogP contribution in [-0.2, 0) is 10.0 Å². The van der Waals surface area contributed by atoms with E-state index in [1.165, 1.54) is 0 Å². The van der Waals surface area contributed by atoms with Crippen LogP contribution in [0.3, 0.4) is 0 Å². The Labute approximate surface area is 94.7 Å². The van der Waals surface area contributed by atoms with E-state index in [0.717, 1.165) is 12.1 Å². The fourth-order valence-electron chi connectivity index (χ4n) is 1.06. The lowest BCUT2D eigenvalue weighted by atomic mass is 10.2. The molecule has 0 aliphatic carbocycles. The van der Waals surface area contributed by atoms with E-state index >= 15 is 0 Å². The second-order valence-corrected chi connectivity index (χ2v) is 4.42. The molecule has 0 atom stereocenters. The van der Waals surface area contributed by atoms with Crippen LogP contribution in [0.25, 0.3) is 0 Å². The van der Waals surface area contributed by atoms with Gasteiger partial charge in [0.1, 0.15) is 10.6 Å². The lowest BCUT2D eigenvalue weighted by molar-refractivity contribution is -0.0517. The average Bonchev–Trinajstić information content (AvgIpc) is 2.15. The number of carboxylic acids is 1. The zero-order valence-electron chi connectivity index (χ0n) is 8.13. The van der Waals surface area contributed by atoms with Crippen LogP contribution in [0.4, 0.5) is 8.78 Å². The van der Waals surface area contributed by atoms with Crippen molar-refractivity contribution < 1.29 is 31.8 Å². The molecule has 6 nitrogen and oxygen atoms in total. The molecule has 1 rings (SSSR count). The monoisotopic (exact) mass is 267 g/mol. The van der Waals surface area contributed by atoms with Gasteiger partial charge in [-0.3, -0.25) is 0 Å². The number of nitrogens with two attached hydrogens (primary N) is 1. The number of hydrogen-bond acceptors (Lipinski definition) is 4. The van der Waals surface area contributed by atoms with Crippen LogP contribution in [0.15, 0.2) is 23.1 Å². The second-order valence-electron chi connectivity index (χ2n) is 2.89. The summed E-state index contributed by atoms with van der Waals surface area (Å²) < 4.78 is 50.0. The number of rotatable bonds is 4. The SMILES string of the molecule is NS(=O)(=O)c1cc(C(=O)O)ccc1OC(F)F. The van der Waals surface area contributed by atoms with Crippen LogP contribution < -0.4 is 9.88 Å². The van der Waals surface area contributed by atoms with Gasteiger partial charge in [0, 0.05) is 0 Å². The van der Waals surface area contributed by atoms with E-state index < -0.39 is 38.8 Å². The second kappa shape index (κ2) is 4.63. The van der Waals surface area contributed by atoms with Crippen molar-refractivity contribution in [3.8, 4) is 5.75 Å². The van der Waals surface area contributed by atoms with Gasteiger partial charge in [0.2, 0.25) is 10.0 Å². The predicted octanol–water partition coefficient (Wildman–Crippen LogP) is 0.634. The van der Waals surface area contributed by atoms with Gasteiger partial charge in [0.15, 0.2) is 0 Å². The highest BCUT2D eigenvalue weighted by atomic mass is 32.2. The van der Waals surface area contributed by atoms with Crippen molar-refractivity contribution in [3.63, 3.8) is 0 Å². The summed E-state index contributed by atoms with van der Waals surface area (Å²) in [7, 11) is -4.36. The molecule has 0 unspecified atom stereocenters. The average molecular weight is 267 g/mol. The fraction of sp³-hybridized carbons (Fsp3) is 0.125. The quantitative estimate of drug-likeness (QED) is 0.832. The molecule has 0 heterocycles. The summed E-state index contributed by atoms with van der Waals surface area (Å²) in [4.78, 5) is 9.78. The Bertz CT molecular complexity index is 543. The summed E-state index contributed by atoms with van der Waals surface area (Å²) >= 11 is 0. The summed E-state index contributed by atoms with van der Waals surface area (Å²) in [5.41, 5.74) is -0.407. The Morgan fingerprint density at radius 1 is 1.41 bits per heavy atom. The zero-order valence-corrected chi connectivity index (χ0v) is 8.95. The Balaban J connectivity index is 3.37. The third-order valence-electron chi connectivity index (χ3n) is 1.71. The Morgan fingerprint density at radius 3 is 2.41 bits per heavy atom. The Kier molecular flexibility index (Phi) is 3.63. The van der Waals surface area contributed by atoms with Crippen molar-refractivity contribution >= 4 is 16.0 Å². The first-order valence-corrected chi connectivity index (χ1v) is 5.61. The van der Waals surface area contributed by atoms with Gasteiger partial charge in [-0.1, -0.05) is 0 Å².